The zero-order chi connectivity index (χ0) is 23.7. The van der Waals surface area contributed by atoms with E-state index in [0.29, 0.717) is 23.6 Å². The van der Waals surface area contributed by atoms with Gasteiger partial charge < -0.3 is 5.32 Å². The molecule has 0 bridgehead atoms. The van der Waals surface area contributed by atoms with Crippen LogP contribution < -0.4 is 5.32 Å². The van der Waals surface area contributed by atoms with E-state index in [-0.39, 0.29) is 17.5 Å². The maximum absolute atomic E-state index is 13.6. The lowest BCUT2D eigenvalue weighted by Crippen LogP contribution is -2.28. The lowest BCUT2D eigenvalue weighted by atomic mass is 9.99. The number of nitrogens with zero attached hydrogens (tertiary/aromatic N) is 4. The molecule has 1 atom stereocenters. The van der Waals surface area contributed by atoms with E-state index in [1.807, 2.05) is 0 Å². The van der Waals surface area contributed by atoms with Gasteiger partial charge in [-0.1, -0.05) is 12.1 Å². The number of nitrogens with one attached hydrogen (secondary N) is 1. The van der Waals surface area contributed by atoms with E-state index < -0.39 is 36.2 Å². The topological polar surface area (TPSA) is 83.6 Å². The van der Waals surface area contributed by atoms with Crippen LogP contribution in [-0.4, -0.2) is 26.8 Å². The summed E-state index contributed by atoms with van der Waals surface area (Å²) < 4.78 is 65.8. The van der Waals surface area contributed by atoms with Gasteiger partial charge in [0.2, 0.25) is 5.91 Å². The Morgan fingerprint density at radius 2 is 1.94 bits per heavy atom. The van der Waals surface area contributed by atoms with E-state index in [1.54, 1.807) is 13.0 Å². The largest absolute Gasteiger partial charge is 0.408 e. The van der Waals surface area contributed by atoms with Crippen LogP contribution in [0.3, 0.4) is 0 Å². The van der Waals surface area contributed by atoms with Crippen molar-refractivity contribution >= 4 is 16.8 Å². The Balaban J connectivity index is 1.71. The molecule has 0 saturated heterocycles. The highest BCUT2D eigenvalue weighted by atomic mass is 19.4. The van der Waals surface area contributed by atoms with E-state index >= 15 is 0 Å². The summed E-state index contributed by atoms with van der Waals surface area (Å²) in [5.41, 5.74) is 0.383. The van der Waals surface area contributed by atoms with E-state index in [4.69, 9.17) is 5.26 Å². The average molecular weight is 451 g/mol. The van der Waals surface area contributed by atoms with Crippen LogP contribution in [0.5, 0.6) is 0 Å². The maximum Gasteiger partial charge on any atom is 0.408 e. The van der Waals surface area contributed by atoms with Crippen molar-refractivity contribution in [3.8, 4) is 6.07 Å². The molecule has 1 aromatic carbocycles. The predicted octanol–water partition coefficient (Wildman–Crippen LogP) is 4.40. The summed E-state index contributed by atoms with van der Waals surface area (Å²) in [5, 5.41) is 16.0. The molecule has 0 radical (unpaired) electrons. The number of halogens is 5. The fourth-order valence-corrected chi connectivity index (χ4v) is 3.26. The molecule has 1 N–H and O–H groups in total. The van der Waals surface area contributed by atoms with Gasteiger partial charge in [0, 0.05) is 17.9 Å². The number of carbonyl (C=O) groups excluding carboxylic acids is 1. The first-order valence-electron chi connectivity index (χ1n) is 9.46. The van der Waals surface area contributed by atoms with Crippen molar-refractivity contribution in [3.05, 3.63) is 59.0 Å². The molecule has 0 aliphatic rings. The van der Waals surface area contributed by atoms with Gasteiger partial charge in [-0.3, -0.25) is 14.5 Å². The molecule has 0 spiro atoms. The van der Waals surface area contributed by atoms with Gasteiger partial charge in [-0.15, -0.1) is 0 Å². The van der Waals surface area contributed by atoms with Crippen LogP contribution in [0.4, 0.5) is 22.0 Å². The average Bonchev–Trinajstić information content (AvgIpc) is 3.07. The van der Waals surface area contributed by atoms with Crippen LogP contribution in [0.1, 0.15) is 42.3 Å². The van der Waals surface area contributed by atoms with Crippen molar-refractivity contribution < 1.29 is 26.7 Å². The molecule has 0 aliphatic heterocycles. The third-order valence-corrected chi connectivity index (χ3v) is 4.74. The standard InChI is InChI=1S/C21H18F5N5O/c1-12(17-7-15-9-29-31(11-21(24,25)26)18(15)10-28-17)30-19(32)6-13-3-4-16(20(2,22)23)14(5-13)8-27/h3-5,7,9-10,12H,6,11H2,1-2H3,(H,30,32). The minimum Gasteiger partial charge on any atom is -0.348 e. The number of rotatable bonds is 6. The highest BCUT2D eigenvalue weighted by Crippen LogP contribution is 2.30. The Labute approximate surface area is 179 Å². The van der Waals surface area contributed by atoms with Crippen LogP contribution in [0.15, 0.2) is 36.7 Å². The summed E-state index contributed by atoms with van der Waals surface area (Å²) in [6.07, 6.45) is -2.03. The lowest BCUT2D eigenvalue weighted by molar-refractivity contribution is -0.141. The number of carbonyl (C=O) groups is 1. The summed E-state index contributed by atoms with van der Waals surface area (Å²) in [7, 11) is 0. The smallest absolute Gasteiger partial charge is 0.348 e. The number of benzene rings is 1. The second kappa shape index (κ2) is 8.53. The Bertz CT molecular complexity index is 1190. The number of amides is 1. The zero-order valence-corrected chi connectivity index (χ0v) is 17.0. The number of nitriles is 1. The number of aromatic nitrogens is 3. The monoisotopic (exact) mass is 451 g/mol. The normalized spacial score (nSPS) is 13.1. The molecule has 2 aromatic heterocycles. The van der Waals surface area contributed by atoms with E-state index in [9.17, 15) is 26.7 Å². The first-order valence-corrected chi connectivity index (χ1v) is 9.46. The van der Waals surface area contributed by atoms with Crippen molar-refractivity contribution in [1.29, 1.82) is 5.26 Å². The first kappa shape index (κ1) is 23.1. The highest BCUT2D eigenvalue weighted by Gasteiger charge is 2.29. The third kappa shape index (κ3) is 5.38. The van der Waals surface area contributed by atoms with Crippen molar-refractivity contribution in [2.45, 2.75) is 45.0 Å². The SMILES string of the molecule is CC(NC(=O)Cc1ccc(C(C)(F)F)c(C#N)c1)c1cc2cnn(CC(F)(F)F)c2cn1. The molecule has 2 heterocycles. The van der Waals surface area contributed by atoms with Crippen molar-refractivity contribution in [2.75, 3.05) is 0 Å². The van der Waals surface area contributed by atoms with E-state index in [0.717, 1.165) is 10.7 Å². The maximum atomic E-state index is 13.6. The molecule has 3 rings (SSSR count). The van der Waals surface area contributed by atoms with Crippen LogP contribution in [0.25, 0.3) is 10.9 Å². The van der Waals surface area contributed by atoms with Gasteiger partial charge in [-0.2, -0.15) is 23.5 Å². The molecular weight excluding hydrogens is 433 g/mol. The van der Waals surface area contributed by atoms with E-state index in [2.05, 4.69) is 15.4 Å². The molecular formula is C21H18F5N5O. The number of alkyl halides is 5. The number of hydrogen-bond acceptors (Lipinski definition) is 4. The second-order valence-corrected chi connectivity index (χ2v) is 7.43. The molecule has 1 unspecified atom stereocenters. The molecule has 32 heavy (non-hydrogen) atoms. The molecule has 0 saturated carbocycles. The molecule has 0 aliphatic carbocycles. The Morgan fingerprint density at radius 1 is 1.22 bits per heavy atom. The van der Waals surface area contributed by atoms with Crippen molar-refractivity contribution in [2.24, 2.45) is 0 Å². The van der Waals surface area contributed by atoms with Gasteiger partial charge in [0.25, 0.3) is 5.92 Å². The molecule has 3 aromatic rings. The minimum absolute atomic E-state index is 0.152. The molecule has 0 fully saturated rings. The summed E-state index contributed by atoms with van der Waals surface area (Å²) >= 11 is 0. The fourth-order valence-electron chi connectivity index (χ4n) is 3.26. The van der Waals surface area contributed by atoms with Crippen LogP contribution in [0, 0.1) is 11.3 Å². The van der Waals surface area contributed by atoms with Gasteiger partial charge >= 0.3 is 6.18 Å². The van der Waals surface area contributed by atoms with Gasteiger partial charge in [0.05, 0.1) is 47.7 Å². The van der Waals surface area contributed by atoms with Crippen LogP contribution >= 0.6 is 0 Å². The van der Waals surface area contributed by atoms with Crippen molar-refractivity contribution in [1.82, 2.24) is 20.1 Å². The van der Waals surface area contributed by atoms with E-state index in [1.165, 1.54) is 30.6 Å². The lowest BCUT2D eigenvalue weighted by Gasteiger charge is -2.15. The first-order chi connectivity index (χ1) is 14.9. The van der Waals surface area contributed by atoms with Gasteiger partial charge in [-0.05, 0) is 24.6 Å². The molecule has 6 nitrogen and oxygen atoms in total. The predicted molar refractivity (Wildman–Crippen MR) is 105 cm³/mol. The van der Waals surface area contributed by atoms with Crippen LogP contribution in [0.2, 0.25) is 0 Å². The zero-order valence-electron chi connectivity index (χ0n) is 17.0. The fraction of sp³-hybridized carbons (Fsp3) is 0.333. The second-order valence-electron chi connectivity index (χ2n) is 7.43. The minimum atomic E-state index is -4.42. The molecule has 1 amide bonds. The van der Waals surface area contributed by atoms with Crippen LogP contribution in [-0.2, 0) is 23.7 Å². The molecule has 11 heteroatoms. The summed E-state index contributed by atoms with van der Waals surface area (Å²) in [6, 6.07) is 6.40. The summed E-state index contributed by atoms with van der Waals surface area (Å²) in [5.74, 6) is -3.62. The number of pyridine rings is 1. The number of hydrogen-bond donors (Lipinski definition) is 1. The van der Waals surface area contributed by atoms with Crippen molar-refractivity contribution in [3.63, 3.8) is 0 Å². The Kier molecular flexibility index (Phi) is 6.16. The molecule has 168 valence electrons. The van der Waals surface area contributed by atoms with Gasteiger partial charge in [0.15, 0.2) is 0 Å². The quantitative estimate of drug-likeness (QED) is 0.564. The van der Waals surface area contributed by atoms with Gasteiger partial charge in [0.1, 0.15) is 6.54 Å². The number of fused-ring (bicyclic) bond motifs is 1. The Hall–Kier alpha value is -3.55. The summed E-state index contributed by atoms with van der Waals surface area (Å²) in [6.45, 7) is 1.10. The third-order valence-electron chi connectivity index (χ3n) is 4.74. The Morgan fingerprint density at radius 3 is 2.56 bits per heavy atom. The summed E-state index contributed by atoms with van der Waals surface area (Å²) in [4.78, 5) is 16.5. The highest BCUT2D eigenvalue weighted by molar-refractivity contribution is 5.80. The van der Waals surface area contributed by atoms with Gasteiger partial charge in [-0.25, -0.2) is 8.78 Å².